The van der Waals surface area contributed by atoms with Gasteiger partial charge in [-0.1, -0.05) is 23.8 Å². The largest absolute Gasteiger partial charge is 0.383 e. The molecule has 2 bridgehead atoms. The van der Waals surface area contributed by atoms with Crippen molar-refractivity contribution in [1.82, 2.24) is 4.98 Å². The molecule has 2 heterocycles. The van der Waals surface area contributed by atoms with Gasteiger partial charge in [-0.2, -0.15) is 0 Å². The molecule has 4 aliphatic rings. The summed E-state index contributed by atoms with van der Waals surface area (Å²) in [6.07, 6.45) is 12.7. The van der Waals surface area contributed by atoms with Gasteiger partial charge in [-0.25, -0.2) is 10.8 Å². The summed E-state index contributed by atoms with van der Waals surface area (Å²) in [5.41, 5.74) is 8.12. The van der Waals surface area contributed by atoms with Crippen LogP contribution in [0.5, 0.6) is 0 Å². The molecule has 0 saturated heterocycles. The lowest BCUT2D eigenvalue weighted by Gasteiger charge is -2.40. The summed E-state index contributed by atoms with van der Waals surface area (Å²) in [6, 6.07) is 2.13. The zero-order valence-corrected chi connectivity index (χ0v) is 11.6. The molecule has 4 N–H and O–H groups in total. The monoisotopic (exact) mass is 268 g/mol. The van der Waals surface area contributed by atoms with Gasteiger partial charge in [0.2, 0.25) is 0 Å². The van der Waals surface area contributed by atoms with Crippen LogP contribution >= 0.6 is 0 Å². The zero-order chi connectivity index (χ0) is 13.6. The first-order chi connectivity index (χ1) is 9.81. The summed E-state index contributed by atoms with van der Waals surface area (Å²) >= 11 is 0. The molecule has 0 amide bonds. The van der Waals surface area contributed by atoms with Crippen molar-refractivity contribution in [2.45, 2.75) is 37.5 Å². The Labute approximate surface area is 119 Å². The van der Waals surface area contributed by atoms with Gasteiger partial charge >= 0.3 is 0 Å². The van der Waals surface area contributed by atoms with Crippen LogP contribution in [0.4, 0.5) is 11.5 Å². The molecule has 0 spiro atoms. The van der Waals surface area contributed by atoms with Gasteiger partial charge < -0.3 is 10.7 Å². The molecule has 0 radical (unpaired) electrons. The maximum Gasteiger partial charge on any atom is 0.140 e. The van der Waals surface area contributed by atoms with Gasteiger partial charge in [0.05, 0.1) is 11.4 Å². The molecule has 1 aliphatic heterocycles. The topological polar surface area (TPSA) is 63.0 Å². The average molecular weight is 268 g/mol. The molecule has 1 aromatic rings. The lowest BCUT2D eigenvalue weighted by atomic mass is 9.65. The molecule has 5 rings (SSSR count). The number of allylic oxidation sites excluding steroid dienone is 4. The predicted octanol–water partition coefficient (Wildman–Crippen LogP) is 2.64. The molecule has 0 aromatic carbocycles. The van der Waals surface area contributed by atoms with Crippen LogP contribution in [0, 0.1) is 0 Å². The van der Waals surface area contributed by atoms with E-state index in [4.69, 9.17) is 5.84 Å². The number of aromatic nitrogens is 1. The summed E-state index contributed by atoms with van der Waals surface area (Å²) in [7, 11) is 0. The minimum atomic E-state index is 0.130. The van der Waals surface area contributed by atoms with E-state index in [-0.39, 0.29) is 5.41 Å². The Bertz CT molecular complexity index is 617. The van der Waals surface area contributed by atoms with E-state index in [0.717, 1.165) is 37.3 Å². The summed E-state index contributed by atoms with van der Waals surface area (Å²) in [6.45, 7) is 1.04. The Balaban J connectivity index is 1.88. The standard InChI is InChI=1S/C16H20N4/c17-20-14-10-12(15-13(19-14)2-1-9-18-15)16-6-3-11(4-7-16)5-8-16/h3-4,6,10,18H,1-2,5,7-9,17H2,(H,19,20). The third-order valence-corrected chi connectivity index (χ3v) is 4.88. The highest BCUT2D eigenvalue weighted by Crippen LogP contribution is 2.48. The number of nitrogen functional groups attached to an aromatic ring is 1. The van der Waals surface area contributed by atoms with E-state index in [1.54, 1.807) is 0 Å². The Morgan fingerprint density at radius 3 is 3.00 bits per heavy atom. The van der Waals surface area contributed by atoms with Gasteiger partial charge in [0.1, 0.15) is 5.82 Å². The van der Waals surface area contributed by atoms with Gasteiger partial charge in [0.15, 0.2) is 0 Å². The van der Waals surface area contributed by atoms with Crippen molar-refractivity contribution in [1.29, 1.82) is 0 Å². The van der Waals surface area contributed by atoms with E-state index >= 15 is 0 Å². The van der Waals surface area contributed by atoms with Crippen LogP contribution in [0.15, 0.2) is 29.9 Å². The van der Waals surface area contributed by atoms with Crippen molar-refractivity contribution in [2.24, 2.45) is 5.84 Å². The number of nitrogens with zero attached hydrogens (tertiary/aromatic N) is 1. The fraction of sp³-hybridized carbons (Fsp3) is 0.438. The number of hydrogen-bond donors (Lipinski definition) is 3. The second-order valence-electron chi connectivity index (χ2n) is 6.02. The first-order valence-corrected chi connectivity index (χ1v) is 7.44. The first-order valence-electron chi connectivity index (χ1n) is 7.44. The minimum Gasteiger partial charge on any atom is -0.383 e. The van der Waals surface area contributed by atoms with Crippen LogP contribution in [0.1, 0.15) is 36.9 Å². The fourth-order valence-corrected chi connectivity index (χ4v) is 3.70. The molecular weight excluding hydrogens is 248 g/mol. The van der Waals surface area contributed by atoms with Crippen LogP contribution in [0.3, 0.4) is 0 Å². The maximum atomic E-state index is 5.61. The summed E-state index contributed by atoms with van der Waals surface area (Å²) in [5, 5.41) is 3.57. The van der Waals surface area contributed by atoms with Crippen molar-refractivity contribution in [3.05, 3.63) is 41.1 Å². The zero-order valence-electron chi connectivity index (χ0n) is 11.6. The normalized spacial score (nSPS) is 26.8. The number of rotatable bonds is 2. The van der Waals surface area contributed by atoms with Crippen LogP contribution in [-0.2, 0) is 11.8 Å². The highest BCUT2D eigenvalue weighted by Gasteiger charge is 2.37. The quantitative estimate of drug-likeness (QED) is 0.570. The third-order valence-electron chi connectivity index (χ3n) is 4.88. The third kappa shape index (κ3) is 1.68. The van der Waals surface area contributed by atoms with Gasteiger partial charge in [-0.05, 0) is 43.7 Å². The van der Waals surface area contributed by atoms with Gasteiger partial charge in [0.25, 0.3) is 0 Å². The van der Waals surface area contributed by atoms with Crippen LogP contribution in [0.2, 0.25) is 0 Å². The predicted molar refractivity (Wildman–Crippen MR) is 81.6 cm³/mol. The number of fused-ring (bicyclic) bond motifs is 3. The SMILES string of the molecule is NNc1cc(C23C=CC(=CC2)CC3)c2c(n1)CCCN2. The second-order valence-corrected chi connectivity index (χ2v) is 6.02. The molecule has 1 aromatic heterocycles. The van der Waals surface area contributed by atoms with Crippen LogP contribution < -0.4 is 16.6 Å². The highest BCUT2D eigenvalue weighted by atomic mass is 15.2. The van der Waals surface area contributed by atoms with Gasteiger partial charge in [-0.15, -0.1) is 0 Å². The van der Waals surface area contributed by atoms with Crippen LogP contribution in [-0.4, -0.2) is 11.5 Å². The van der Waals surface area contributed by atoms with Gasteiger partial charge in [0, 0.05) is 12.0 Å². The molecule has 0 fully saturated rings. The maximum absolute atomic E-state index is 5.61. The molecular formula is C16H20N4. The van der Waals surface area contributed by atoms with Crippen molar-refractivity contribution in [3.8, 4) is 0 Å². The molecule has 20 heavy (non-hydrogen) atoms. The Kier molecular flexibility index (Phi) is 2.60. The van der Waals surface area contributed by atoms with E-state index in [1.165, 1.54) is 29.7 Å². The second kappa shape index (κ2) is 4.35. The Morgan fingerprint density at radius 2 is 2.30 bits per heavy atom. The number of aryl methyl sites for hydroxylation is 1. The lowest BCUT2D eigenvalue weighted by molar-refractivity contribution is 0.461. The van der Waals surface area contributed by atoms with E-state index in [9.17, 15) is 0 Å². The summed E-state index contributed by atoms with van der Waals surface area (Å²) in [5.74, 6) is 6.40. The number of anilines is 2. The number of hydrazine groups is 1. The fourth-order valence-electron chi connectivity index (χ4n) is 3.70. The van der Waals surface area contributed by atoms with E-state index in [1.807, 2.05) is 0 Å². The molecule has 104 valence electrons. The van der Waals surface area contributed by atoms with E-state index < -0.39 is 0 Å². The molecule has 4 heteroatoms. The van der Waals surface area contributed by atoms with Crippen molar-refractivity contribution < 1.29 is 0 Å². The lowest BCUT2D eigenvalue weighted by Crippen LogP contribution is -2.32. The number of nitrogens with two attached hydrogens (primary N) is 1. The smallest absolute Gasteiger partial charge is 0.140 e. The van der Waals surface area contributed by atoms with Crippen LogP contribution in [0.25, 0.3) is 0 Å². The molecule has 1 unspecified atom stereocenters. The molecule has 4 nitrogen and oxygen atoms in total. The highest BCUT2D eigenvalue weighted by molar-refractivity contribution is 5.65. The number of nitrogens with one attached hydrogen (secondary N) is 2. The average Bonchev–Trinajstić information content (AvgIpc) is 2.55. The van der Waals surface area contributed by atoms with Crippen molar-refractivity contribution in [3.63, 3.8) is 0 Å². The molecule has 0 saturated carbocycles. The van der Waals surface area contributed by atoms with E-state index in [2.05, 4.69) is 40.0 Å². The Hall–Kier alpha value is -1.81. The molecule has 1 atom stereocenters. The van der Waals surface area contributed by atoms with Gasteiger partial charge in [-0.3, -0.25) is 0 Å². The summed E-state index contributed by atoms with van der Waals surface area (Å²) in [4.78, 5) is 4.63. The number of pyridine rings is 1. The van der Waals surface area contributed by atoms with E-state index in [0.29, 0.717) is 0 Å². The van der Waals surface area contributed by atoms with Crippen molar-refractivity contribution >= 4 is 11.5 Å². The molecule has 3 aliphatic carbocycles. The summed E-state index contributed by atoms with van der Waals surface area (Å²) < 4.78 is 0. The van der Waals surface area contributed by atoms with Crippen molar-refractivity contribution in [2.75, 3.05) is 17.3 Å². The first kappa shape index (κ1) is 12.0. The number of hydrogen-bond acceptors (Lipinski definition) is 4. The minimum absolute atomic E-state index is 0.130. The Morgan fingerprint density at radius 1 is 1.35 bits per heavy atom.